The molecule has 248 valence electrons. The Kier molecular flexibility index (Phi) is 11.7. The molecule has 1 atom stereocenters. The molecule has 10 heteroatoms. The first kappa shape index (κ1) is 34.3. The van der Waals surface area contributed by atoms with Gasteiger partial charge in [0.1, 0.15) is 28.2 Å². The second-order valence-corrected chi connectivity index (χ2v) is 11.8. The van der Waals surface area contributed by atoms with Crippen molar-refractivity contribution in [2.75, 3.05) is 32.0 Å². The number of rotatable bonds is 13. The van der Waals surface area contributed by atoms with Crippen LogP contribution in [0.5, 0.6) is 17.2 Å². The Morgan fingerprint density at radius 1 is 0.653 bits per heavy atom. The number of nitrogens with one attached hydrogen (secondary N) is 3. The fourth-order valence-electron chi connectivity index (χ4n) is 4.83. The fourth-order valence-corrected chi connectivity index (χ4v) is 5.91. The number of carbonyl (C=O) groups is 3. The molecular formula is C39H35N3O6S. The average molecular weight is 674 g/mol. The molecule has 0 bridgehead atoms. The molecular weight excluding hydrogens is 639 g/mol. The van der Waals surface area contributed by atoms with Crippen LogP contribution in [0.2, 0.25) is 0 Å². The van der Waals surface area contributed by atoms with Crippen LogP contribution in [0.25, 0.3) is 6.08 Å². The van der Waals surface area contributed by atoms with Crippen LogP contribution in [0, 0.1) is 0 Å². The Bertz CT molecular complexity index is 1950. The summed E-state index contributed by atoms with van der Waals surface area (Å²) >= 11 is 1.34. The van der Waals surface area contributed by atoms with Crippen molar-refractivity contribution in [3.05, 3.63) is 150 Å². The summed E-state index contributed by atoms with van der Waals surface area (Å²) < 4.78 is 16.1. The van der Waals surface area contributed by atoms with E-state index in [1.807, 2.05) is 36.4 Å². The summed E-state index contributed by atoms with van der Waals surface area (Å²) in [6.07, 6.45) is 1.54. The monoisotopic (exact) mass is 673 g/mol. The molecule has 0 fully saturated rings. The molecule has 0 aliphatic rings. The maximum atomic E-state index is 13.8. The first-order chi connectivity index (χ1) is 23.9. The Hall–Kier alpha value is -6.00. The summed E-state index contributed by atoms with van der Waals surface area (Å²) in [5.41, 5.74) is 2.83. The predicted molar refractivity (Wildman–Crippen MR) is 193 cm³/mol. The van der Waals surface area contributed by atoms with E-state index in [4.69, 9.17) is 14.2 Å². The van der Waals surface area contributed by atoms with Crippen LogP contribution in [-0.2, 0) is 9.59 Å². The van der Waals surface area contributed by atoms with Gasteiger partial charge in [-0.2, -0.15) is 0 Å². The molecule has 3 N–H and O–H groups in total. The smallest absolute Gasteiger partial charge is 0.272 e. The van der Waals surface area contributed by atoms with Crippen LogP contribution >= 0.6 is 11.8 Å². The number of carbonyl (C=O) groups excluding carboxylic acids is 3. The SMILES string of the molecule is COc1cccc(NC(=O)C(Sc2cccc(NC(=O)/C(=C\c3ccc(OC)cc3OC)NC(=O)c3ccccc3)c2)c2ccccc2)c1. The minimum absolute atomic E-state index is 0.00444. The van der Waals surface area contributed by atoms with Gasteiger partial charge in [-0.3, -0.25) is 14.4 Å². The van der Waals surface area contributed by atoms with Crippen LogP contribution in [-0.4, -0.2) is 39.1 Å². The topological polar surface area (TPSA) is 115 Å². The zero-order valence-electron chi connectivity index (χ0n) is 27.1. The van der Waals surface area contributed by atoms with Crippen molar-refractivity contribution in [2.24, 2.45) is 0 Å². The normalized spacial score (nSPS) is 11.5. The van der Waals surface area contributed by atoms with E-state index in [9.17, 15) is 14.4 Å². The van der Waals surface area contributed by atoms with Gasteiger partial charge in [0.2, 0.25) is 5.91 Å². The molecule has 9 nitrogen and oxygen atoms in total. The van der Waals surface area contributed by atoms with Crippen LogP contribution in [0.15, 0.2) is 138 Å². The van der Waals surface area contributed by atoms with Crippen molar-refractivity contribution in [3.8, 4) is 17.2 Å². The Morgan fingerprint density at radius 3 is 2.00 bits per heavy atom. The number of hydrogen-bond acceptors (Lipinski definition) is 7. The molecule has 0 aliphatic heterocycles. The number of thioether (sulfide) groups is 1. The van der Waals surface area contributed by atoms with E-state index in [0.29, 0.717) is 39.8 Å². The lowest BCUT2D eigenvalue weighted by Crippen LogP contribution is -2.30. The lowest BCUT2D eigenvalue weighted by Gasteiger charge is -2.18. The van der Waals surface area contributed by atoms with Crippen LogP contribution in [0.4, 0.5) is 11.4 Å². The number of amides is 3. The Balaban J connectivity index is 1.40. The van der Waals surface area contributed by atoms with Gasteiger partial charge in [-0.05, 0) is 66.2 Å². The van der Waals surface area contributed by atoms with Crippen molar-refractivity contribution in [1.29, 1.82) is 0 Å². The standard InChI is InChI=1S/C39H35N3O6S/c1-46-31-18-10-16-29(23-31)41-39(45)36(26-12-6-4-7-13-26)49-33-19-11-17-30(24-33)40-38(44)34(42-37(43)27-14-8-5-9-15-27)22-28-20-21-32(47-2)25-35(28)48-3/h4-25,36H,1-3H3,(H,40,44)(H,41,45)(H,42,43)/b34-22+. The number of methoxy groups -OCH3 is 3. The van der Waals surface area contributed by atoms with Gasteiger partial charge >= 0.3 is 0 Å². The Labute approximate surface area is 289 Å². The third kappa shape index (κ3) is 9.30. The molecule has 0 radical (unpaired) electrons. The van der Waals surface area contributed by atoms with Gasteiger partial charge in [0.05, 0.1) is 21.3 Å². The van der Waals surface area contributed by atoms with Gasteiger partial charge in [0.25, 0.3) is 11.8 Å². The second-order valence-electron chi connectivity index (χ2n) is 10.6. The van der Waals surface area contributed by atoms with Crippen LogP contribution in [0.3, 0.4) is 0 Å². The zero-order valence-corrected chi connectivity index (χ0v) is 28.0. The summed E-state index contributed by atoms with van der Waals surface area (Å²) in [5, 5.41) is 8.04. The number of anilines is 2. The highest BCUT2D eigenvalue weighted by Crippen LogP contribution is 2.37. The molecule has 49 heavy (non-hydrogen) atoms. The quantitative estimate of drug-likeness (QED) is 0.0872. The highest BCUT2D eigenvalue weighted by Gasteiger charge is 2.23. The van der Waals surface area contributed by atoms with E-state index in [0.717, 1.165) is 10.5 Å². The fraction of sp³-hybridized carbons (Fsp3) is 0.103. The molecule has 1 unspecified atom stereocenters. The molecule has 0 spiro atoms. The molecule has 5 aromatic rings. The first-order valence-electron chi connectivity index (χ1n) is 15.2. The number of ether oxygens (including phenoxy) is 3. The van der Waals surface area contributed by atoms with E-state index in [1.165, 1.54) is 18.9 Å². The maximum Gasteiger partial charge on any atom is 0.272 e. The molecule has 3 amide bonds. The molecule has 0 aliphatic carbocycles. The summed E-state index contributed by atoms with van der Waals surface area (Å²) in [6, 6.07) is 37.6. The molecule has 0 aromatic heterocycles. The lowest BCUT2D eigenvalue weighted by molar-refractivity contribution is -0.116. The van der Waals surface area contributed by atoms with Gasteiger partial charge in [-0.1, -0.05) is 60.7 Å². The van der Waals surface area contributed by atoms with Crippen molar-refractivity contribution >= 4 is 46.9 Å². The third-order valence-corrected chi connectivity index (χ3v) is 8.54. The van der Waals surface area contributed by atoms with E-state index in [1.54, 1.807) is 111 Å². The van der Waals surface area contributed by atoms with Gasteiger partial charge in [0.15, 0.2) is 0 Å². The van der Waals surface area contributed by atoms with Crippen molar-refractivity contribution in [1.82, 2.24) is 5.32 Å². The maximum absolute atomic E-state index is 13.8. The summed E-state index contributed by atoms with van der Waals surface area (Å²) in [5.74, 6) is 0.432. The highest BCUT2D eigenvalue weighted by atomic mass is 32.2. The minimum Gasteiger partial charge on any atom is -0.497 e. The first-order valence-corrected chi connectivity index (χ1v) is 16.1. The summed E-state index contributed by atoms with van der Waals surface area (Å²) in [4.78, 5) is 41.3. The zero-order chi connectivity index (χ0) is 34.6. The minimum atomic E-state index is -0.610. The molecule has 0 saturated carbocycles. The summed E-state index contributed by atoms with van der Waals surface area (Å²) in [6.45, 7) is 0. The van der Waals surface area contributed by atoms with Crippen LogP contribution in [0.1, 0.15) is 26.7 Å². The Morgan fingerprint density at radius 2 is 1.31 bits per heavy atom. The van der Waals surface area contributed by atoms with Crippen molar-refractivity contribution < 1.29 is 28.6 Å². The molecule has 0 heterocycles. The molecule has 5 rings (SSSR count). The molecule has 0 saturated heterocycles. The van der Waals surface area contributed by atoms with Crippen molar-refractivity contribution in [2.45, 2.75) is 10.1 Å². The van der Waals surface area contributed by atoms with Gasteiger partial charge in [-0.25, -0.2) is 0 Å². The largest absolute Gasteiger partial charge is 0.497 e. The van der Waals surface area contributed by atoms with Gasteiger partial charge in [0, 0.05) is 39.5 Å². The third-order valence-electron chi connectivity index (χ3n) is 7.29. The van der Waals surface area contributed by atoms with E-state index < -0.39 is 17.1 Å². The molecule has 5 aromatic carbocycles. The van der Waals surface area contributed by atoms with Crippen molar-refractivity contribution in [3.63, 3.8) is 0 Å². The van der Waals surface area contributed by atoms with Gasteiger partial charge in [-0.15, -0.1) is 11.8 Å². The second kappa shape index (κ2) is 16.7. The lowest BCUT2D eigenvalue weighted by atomic mass is 10.1. The van der Waals surface area contributed by atoms with E-state index >= 15 is 0 Å². The number of benzene rings is 5. The van der Waals surface area contributed by atoms with E-state index in [-0.39, 0.29) is 11.6 Å². The predicted octanol–water partition coefficient (Wildman–Crippen LogP) is 7.59. The van der Waals surface area contributed by atoms with Crippen LogP contribution < -0.4 is 30.2 Å². The highest BCUT2D eigenvalue weighted by molar-refractivity contribution is 8.00. The van der Waals surface area contributed by atoms with E-state index in [2.05, 4.69) is 16.0 Å². The summed E-state index contributed by atoms with van der Waals surface area (Å²) in [7, 11) is 4.63. The average Bonchev–Trinajstić information content (AvgIpc) is 3.14. The number of hydrogen-bond donors (Lipinski definition) is 3. The van der Waals surface area contributed by atoms with Gasteiger partial charge < -0.3 is 30.2 Å².